The van der Waals surface area contributed by atoms with Crippen LogP contribution >= 0.6 is 0 Å². The van der Waals surface area contributed by atoms with Crippen LogP contribution in [0.2, 0.25) is 0 Å². The van der Waals surface area contributed by atoms with Crippen LogP contribution < -0.4 is 5.32 Å². The van der Waals surface area contributed by atoms with E-state index in [1.807, 2.05) is 30.1 Å². The number of carbonyl (C=O) groups is 1. The Balaban J connectivity index is 1.38. The lowest BCUT2D eigenvalue weighted by atomic mass is 9.96. The molecule has 2 aromatic rings. The van der Waals surface area contributed by atoms with E-state index in [1.165, 1.54) is 11.3 Å². The molecule has 6 nitrogen and oxygen atoms in total. The molecule has 0 radical (unpaired) electrons. The number of aromatic nitrogens is 3. The van der Waals surface area contributed by atoms with Gasteiger partial charge < -0.3 is 5.32 Å². The summed E-state index contributed by atoms with van der Waals surface area (Å²) >= 11 is 0. The van der Waals surface area contributed by atoms with Gasteiger partial charge in [0.2, 0.25) is 5.91 Å². The highest BCUT2D eigenvalue weighted by Gasteiger charge is 2.20. The minimum Gasteiger partial charge on any atom is -0.356 e. The first-order chi connectivity index (χ1) is 12.1. The largest absolute Gasteiger partial charge is 0.356 e. The van der Waals surface area contributed by atoms with Gasteiger partial charge in [-0.3, -0.25) is 19.4 Å². The van der Waals surface area contributed by atoms with Gasteiger partial charge in [-0.05, 0) is 50.4 Å². The van der Waals surface area contributed by atoms with E-state index < -0.39 is 0 Å². The van der Waals surface area contributed by atoms with Gasteiger partial charge in [0.15, 0.2) is 0 Å². The predicted octanol–water partition coefficient (Wildman–Crippen LogP) is 1.69. The van der Waals surface area contributed by atoms with Gasteiger partial charge in [0.05, 0.1) is 12.6 Å². The smallest absolute Gasteiger partial charge is 0.224 e. The Bertz CT molecular complexity index is 689. The van der Waals surface area contributed by atoms with Crippen LogP contribution in [0.5, 0.6) is 0 Å². The number of pyridine rings is 1. The van der Waals surface area contributed by atoms with E-state index in [0.29, 0.717) is 12.3 Å². The topological polar surface area (TPSA) is 63.1 Å². The summed E-state index contributed by atoms with van der Waals surface area (Å²) in [6.07, 6.45) is 8.12. The molecule has 2 aromatic heterocycles. The zero-order valence-electron chi connectivity index (χ0n) is 15.1. The van der Waals surface area contributed by atoms with Crippen LogP contribution in [-0.4, -0.2) is 45.2 Å². The van der Waals surface area contributed by atoms with Gasteiger partial charge in [0, 0.05) is 43.8 Å². The standard InChI is InChI=1S/C19H27N5O/c1-15-18(13-22-23(15)2)14-24-8-5-16(6-9-24)12-21-19(25)10-17-4-3-7-20-11-17/h3-4,7,11,13,16H,5-6,8-10,12,14H2,1-2H3,(H,21,25). The quantitative estimate of drug-likeness (QED) is 0.869. The molecule has 0 bridgehead atoms. The Kier molecular flexibility index (Phi) is 5.81. The fourth-order valence-corrected chi connectivity index (χ4v) is 3.30. The number of likely N-dealkylation sites (tertiary alicyclic amines) is 1. The molecular formula is C19H27N5O. The van der Waals surface area contributed by atoms with Crippen molar-refractivity contribution in [1.29, 1.82) is 0 Å². The Hall–Kier alpha value is -2.21. The first kappa shape index (κ1) is 17.6. The molecule has 0 saturated carbocycles. The van der Waals surface area contributed by atoms with Gasteiger partial charge in [0.1, 0.15) is 0 Å². The maximum atomic E-state index is 12.0. The monoisotopic (exact) mass is 341 g/mol. The minimum absolute atomic E-state index is 0.0846. The molecule has 0 spiro atoms. The van der Waals surface area contributed by atoms with E-state index in [4.69, 9.17) is 0 Å². The molecule has 1 aliphatic heterocycles. The molecule has 3 heterocycles. The Labute approximate surface area is 149 Å². The summed E-state index contributed by atoms with van der Waals surface area (Å²) in [5.74, 6) is 0.658. The van der Waals surface area contributed by atoms with Gasteiger partial charge >= 0.3 is 0 Å². The van der Waals surface area contributed by atoms with E-state index in [2.05, 4.69) is 27.2 Å². The average Bonchev–Trinajstić information content (AvgIpc) is 2.94. The molecule has 1 amide bonds. The van der Waals surface area contributed by atoms with Crippen molar-refractivity contribution in [3.8, 4) is 0 Å². The number of hydrogen-bond acceptors (Lipinski definition) is 4. The van der Waals surface area contributed by atoms with Gasteiger partial charge in [0.25, 0.3) is 0 Å². The van der Waals surface area contributed by atoms with Crippen molar-refractivity contribution in [1.82, 2.24) is 25.0 Å². The summed E-state index contributed by atoms with van der Waals surface area (Å²) in [6, 6.07) is 3.80. The lowest BCUT2D eigenvalue weighted by molar-refractivity contribution is -0.120. The molecule has 1 aliphatic rings. The van der Waals surface area contributed by atoms with Crippen LogP contribution in [0.25, 0.3) is 0 Å². The molecule has 1 fully saturated rings. The maximum absolute atomic E-state index is 12.0. The molecule has 0 atom stereocenters. The normalized spacial score (nSPS) is 16.1. The van der Waals surface area contributed by atoms with Crippen molar-refractivity contribution >= 4 is 5.91 Å². The Morgan fingerprint density at radius 3 is 2.76 bits per heavy atom. The molecule has 3 rings (SSSR count). The number of aryl methyl sites for hydroxylation is 1. The molecule has 0 aliphatic carbocycles. The van der Waals surface area contributed by atoms with Crippen molar-refractivity contribution in [2.45, 2.75) is 32.7 Å². The van der Waals surface area contributed by atoms with Gasteiger partial charge in [-0.1, -0.05) is 6.07 Å². The second kappa shape index (κ2) is 8.25. The Morgan fingerprint density at radius 2 is 2.12 bits per heavy atom. The van der Waals surface area contributed by atoms with E-state index >= 15 is 0 Å². The van der Waals surface area contributed by atoms with E-state index in [-0.39, 0.29) is 5.91 Å². The SMILES string of the molecule is Cc1c(CN2CCC(CNC(=O)Cc3cccnc3)CC2)cnn1C. The third-order valence-electron chi connectivity index (χ3n) is 5.11. The zero-order chi connectivity index (χ0) is 17.6. The predicted molar refractivity (Wildman–Crippen MR) is 96.9 cm³/mol. The van der Waals surface area contributed by atoms with E-state index in [1.54, 1.807) is 12.4 Å². The molecule has 0 aromatic carbocycles. The van der Waals surface area contributed by atoms with E-state index in [9.17, 15) is 4.79 Å². The highest BCUT2D eigenvalue weighted by Crippen LogP contribution is 2.19. The van der Waals surface area contributed by atoms with Crippen LogP contribution in [0.4, 0.5) is 0 Å². The number of hydrogen-bond donors (Lipinski definition) is 1. The first-order valence-electron chi connectivity index (χ1n) is 8.97. The van der Waals surface area contributed by atoms with Gasteiger partial charge in [-0.2, -0.15) is 5.10 Å². The molecule has 6 heteroatoms. The summed E-state index contributed by atoms with van der Waals surface area (Å²) in [5, 5.41) is 7.40. The minimum atomic E-state index is 0.0846. The molecule has 0 unspecified atom stereocenters. The fourth-order valence-electron chi connectivity index (χ4n) is 3.30. The molecular weight excluding hydrogens is 314 g/mol. The molecule has 1 N–H and O–H groups in total. The number of amides is 1. The molecule has 134 valence electrons. The fraction of sp³-hybridized carbons (Fsp3) is 0.526. The number of rotatable bonds is 6. The van der Waals surface area contributed by atoms with Crippen LogP contribution in [0.1, 0.15) is 29.7 Å². The van der Waals surface area contributed by atoms with E-state index in [0.717, 1.165) is 44.6 Å². The summed E-state index contributed by atoms with van der Waals surface area (Å²) < 4.78 is 1.93. The zero-order valence-corrected chi connectivity index (χ0v) is 15.1. The third kappa shape index (κ3) is 4.89. The van der Waals surface area contributed by atoms with Gasteiger partial charge in [-0.15, -0.1) is 0 Å². The lowest BCUT2D eigenvalue weighted by Crippen LogP contribution is -2.38. The number of piperidine rings is 1. The van der Waals surface area contributed by atoms with Crippen molar-refractivity contribution in [2.24, 2.45) is 13.0 Å². The second-order valence-corrected chi connectivity index (χ2v) is 6.94. The number of nitrogens with zero attached hydrogens (tertiary/aromatic N) is 4. The summed E-state index contributed by atoms with van der Waals surface area (Å²) in [7, 11) is 1.99. The lowest BCUT2D eigenvalue weighted by Gasteiger charge is -2.31. The molecule has 1 saturated heterocycles. The van der Waals surface area contributed by atoms with Crippen LogP contribution in [0, 0.1) is 12.8 Å². The summed E-state index contributed by atoms with van der Waals surface area (Å²) in [6.45, 7) is 6.03. The first-order valence-corrected chi connectivity index (χ1v) is 8.97. The van der Waals surface area contributed by atoms with Crippen LogP contribution in [-0.2, 0) is 24.8 Å². The highest BCUT2D eigenvalue weighted by molar-refractivity contribution is 5.78. The number of carbonyl (C=O) groups excluding carboxylic acids is 1. The van der Waals surface area contributed by atoms with Crippen molar-refractivity contribution in [2.75, 3.05) is 19.6 Å². The van der Waals surface area contributed by atoms with Crippen LogP contribution in [0.15, 0.2) is 30.7 Å². The maximum Gasteiger partial charge on any atom is 0.224 e. The van der Waals surface area contributed by atoms with Crippen molar-refractivity contribution in [3.63, 3.8) is 0 Å². The Morgan fingerprint density at radius 1 is 1.32 bits per heavy atom. The van der Waals surface area contributed by atoms with Crippen molar-refractivity contribution in [3.05, 3.63) is 47.5 Å². The highest BCUT2D eigenvalue weighted by atomic mass is 16.1. The molecule has 25 heavy (non-hydrogen) atoms. The summed E-state index contributed by atoms with van der Waals surface area (Å²) in [4.78, 5) is 18.6. The third-order valence-corrected chi connectivity index (χ3v) is 5.11. The van der Waals surface area contributed by atoms with Crippen LogP contribution in [0.3, 0.4) is 0 Å². The van der Waals surface area contributed by atoms with Crippen molar-refractivity contribution < 1.29 is 4.79 Å². The average molecular weight is 341 g/mol. The van der Waals surface area contributed by atoms with Gasteiger partial charge in [-0.25, -0.2) is 0 Å². The summed E-state index contributed by atoms with van der Waals surface area (Å²) in [5.41, 5.74) is 3.51. The second-order valence-electron chi connectivity index (χ2n) is 6.94. The number of nitrogens with one attached hydrogen (secondary N) is 1.